The lowest BCUT2D eigenvalue weighted by atomic mass is 9.99. The quantitative estimate of drug-likeness (QED) is 0.572. The van der Waals surface area contributed by atoms with Crippen molar-refractivity contribution in [2.24, 2.45) is 0 Å². The van der Waals surface area contributed by atoms with Crippen LogP contribution < -0.4 is 4.74 Å². The molecule has 2 rings (SSSR count). The van der Waals surface area contributed by atoms with Gasteiger partial charge in [0.2, 0.25) is 6.29 Å². The summed E-state index contributed by atoms with van der Waals surface area (Å²) >= 11 is 0. The van der Waals surface area contributed by atoms with Crippen molar-refractivity contribution in [3.05, 3.63) is 29.8 Å². The summed E-state index contributed by atoms with van der Waals surface area (Å²) in [5, 5.41) is 38.2. The minimum atomic E-state index is -1.43. The molecule has 19 heavy (non-hydrogen) atoms. The second-order valence-electron chi connectivity index (χ2n) is 4.58. The molecule has 1 saturated heterocycles. The summed E-state index contributed by atoms with van der Waals surface area (Å²) < 4.78 is 10.8. The number of ether oxygens (including phenoxy) is 2. The third-order valence-corrected chi connectivity index (χ3v) is 3.19. The van der Waals surface area contributed by atoms with Crippen LogP contribution in [0.1, 0.15) is 5.56 Å². The molecule has 0 unspecified atom stereocenters. The molecule has 6 nitrogen and oxygen atoms in total. The Labute approximate surface area is 110 Å². The number of para-hydroxylation sites is 1. The summed E-state index contributed by atoms with van der Waals surface area (Å²) in [4.78, 5) is 0. The van der Waals surface area contributed by atoms with Gasteiger partial charge >= 0.3 is 0 Å². The van der Waals surface area contributed by atoms with Gasteiger partial charge in [-0.1, -0.05) is 18.2 Å². The first-order valence-electron chi connectivity index (χ1n) is 6.07. The van der Waals surface area contributed by atoms with Crippen LogP contribution in [0.25, 0.3) is 0 Å². The van der Waals surface area contributed by atoms with E-state index >= 15 is 0 Å². The Morgan fingerprint density at radius 3 is 2.42 bits per heavy atom. The van der Waals surface area contributed by atoms with Gasteiger partial charge in [0.15, 0.2) is 0 Å². The number of aliphatic hydroxyl groups excluding tert-OH is 4. The van der Waals surface area contributed by atoms with Crippen LogP contribution in [-0.4, -0.2) is 57.7 Å². The molecule has 1 aliphatic heterocycles. The molecule has 6 heteroatoms. The second kappa shape index (κ2) is 5.85. The fourth-order valence-electron chi connectivity index (χ4n) is 1.98. The monoisotopic (exact) mass is 270 g/mol. The predicted octanol–water partition coefficient (Wildman–Crippen LogP) is -0.826. The van der Waals surface area contributed by atoms with Crippen molar-refractivity contribution >= 4 is 0 Å². The van der Waals surface area contributed by atoms with Gasteiger partial charge in [0, 0.05) is 0 Å². The lowest BCUT2D eigenvalue weighted by Crippen LogP contribution is -2.60. The van der Waals surface area contributed by atoms with Crippen molar-refractivity contribution in [2.75, 3.05) is 6.61 Å². The van der Waals surface area contributed by atoms with Crippen LogP contribution in [0, 0.1) is 6.92 Å². The molecule has 1 fully saturated rings. The Morgan fingerprint density at radius 2 is 1.79 bits per heavy atom. The van der Waals surface area contributed by atoms with Crippen LogP contribution >= 0.6 is 0 Å². The maximum atomic E-state index is 9.83. The average Bonchev–Trinajstić information content (AvgIpc) is 2.41. The van der Waals surface area contributed by atoms with E-state index in [-0.39, 0.29) is 0 Å². The zero-order valence-corrected chi connectivity index (χ0v) is 10.5. The van der Waals surface area contributed by atoms with Crippen molar-refractivity contribution in [2.45, 2.75) is 37.6 Å². The molecule has 1 aromatic carbocycles. The molecule has 0 amide bonds. The fraction of sp³-hybridized carbons (Fsp3) is 0.538. The van der Waals surface area contributed by atoms with Crippen molar-refractivity contribution < 1.29 is 29.9 Å². The van der Waals surface area contributed by atoms with E-state index in [9.17, 15) is 15.3 Å². The van der Waals surface area contributed by atoms with Crippen LogP contribution in [0.2, 0.25) is 0 Å². The summed E-state index contributed by atoms with van der Waals surface area (Å²) in [7, 11) is 0. The highest BCUT2D eigenvalue weighted by molar-refractivity contribution is 5.31. The van der Waals surface area contributed by atoms with Crippen LogP contribution in [0.4, 0.5) is 0 Å². The van der Waals surface area contributed by atoms with Crippen LogP contribution in [0.5, 0.6) is 5.75 Å². The third kappa shape index (κ3) is 2.88. The summed E-state index contributed by atoms with van der Waals surface area (Å²) in [6, 6.07) is 7.15. The van der Waals surface area contributed by atoms with E-state index in [1.54, 1.807) is 12.1 Å². The van der Waals surface area contributed by atoms with Crippen molar-refractivity contribution in [3.8, 4) is 5.75 Å². The molecule has 1 aliphatic rings. The molecule has 1 aromatic rings. The van der Waals surface area contributed by atoms with Gasteiger partial charge in [0.1, 0.15) is 30.2 Å². The number of hydrogen-bond donors (Lipinski definition) is 4. The Kier molecular flexibility index (Phi) is 4.38. The summed E-state index contributed by atoms with van der Waals surface area (Å²) in [6.07, 6.45) is -6.31. The van der Waals surface area contributed by atoms with E-state index in [0.29, 0.717) is 5.75 Å². The normalized spacial score (nSPS) is 35.1. The van der Waals surface area contributed by atoms with Crippen molar-refractivity contribution in [1.82, 2.24) is 0 Å². The van der Waals surface area contributed by atoms with Gasteiger partial charge in [-0.2, -0.15) is 0 Å². The van der Waals surface area contributed by atoms with Gasteiger partial charge in [0.25, 0.3) is 0 Å². The number of rotatable bonds is 3. The first-order chi connectivity index (χ1) is 9.04. The van der Waals surface area contributed by atoms with E-state index in [4.69, 9.17) is 14.6 Å². The van der Waals surface area contributed by atoms with E-state index in [1.165, 1.54) is 0 Å². The third-order valence-electron chi connectivity index (χ3n) is 3.19. The molecular weight excluding hydrogens is 252 g/mol. The van der Waals surface area contributed by atoms with E-state index in [2.05, 4.69) is 0 Å². The molecular formula is C13H18O6. The average molecular weight is 270 g/mol. The van der Waals surface area contributed by atoms with Crippen LogP contribution in [0.15, 0.2) is 24.3 Å². The molecule has 0 aliphatic carbocycles. The van der Waals surface area contributed by atoms with Crippen LogP contribution in [0.3, 0.4) is 0 Å². The lowest BCUT2D eigenvalue weighted by Gasteiger charge is -2.39. The second-order valence-corrected chi connectivity index (χ2v) is 4.58. The smallest absolute Gasteiger partial charge is 0.229 e. The largest absolute Gasteiger partial charge is 0.462 e. The van der Waals surface area contributed by atoms with Gasteiger partial charge in [-0.15, -0.1) is 0 Å². The fourth-order valence-corrected chi connectivity index (χ4v) is 1.98. The highest BCUT2D eigenvalue weighted by Gasteiger charge is 2.44. The molecule has 1 heterocycles. The summed E-state index contributed by atoms with van der Waals surface area (Å²) in [5.74, 6) is 0.506. The molecule has 0 aromatic heterocycles. The Hall–Kier alpha value is -1.18. The molecule has 4 N–H and O–H groups in total. The van der Waals surface area contributed by atoms with Gasteiger partial charge in [0.05, 0.1) is 6.61 Å². The molecule has 0 radical (unpaired) electrons. The Balaban J connectivity index is 2.13. The minimum Gasteiger partial charge on any atom is -0.462 e. The zero-order valence-electron chi connectivity index (χ0n) is 10.5. The van der Waals surface area contributed by atoms with Crippen LogP contribution in [-0.2, 0) is 4.74 Å². The first-order valence-corrected chi connectivity index (χ1v) is 6.07. The summed E-state index contributed by atoms with van der Waals surface area (Å²) in [5.41, 5.74) is 0.847. The Morgan fingerprint density at radius 1 is 1.11 bits per heavy atom. The molecule has 0 spiro atoms. The summed E-state index contributed by atoms with van der Waals surface area (Å²) in [6.45, 7) is 1.36. The van der Waals surface area contributed by atoms with Crippen molar-refractivity contribution in [3.63, 3.8) is 0 Å². The molecule has 106 valence electrons. The number of aryl methyl sites for hydroxylation is 1. The number of hydrogen-bond acceptors (Lipinski definition) is 6. The topological polar surface area (TPSA) is 99.4 Å². The van der Waals surface area contributed by atoms with E-state index in [0.717, 1.165) is 5.56 Å². The Bertz CT molecular complexity index is 421. The molecule has 0 saturated carbocycles. The number of benzene rings is 1. The predicted molar refractivity (Wildman–Crippen MR) is 65.6 cm³/mol. The minimum absolute atomic E-state index is 0.474. The van der Waals surface area contributed by atoms with E-state index in [1.807, 2.05) is 19.1 Å². The zero-order chi connectivity index (χ0) is 14.0. The molecule has 5 atom stereocenters. The maximum absolute atomic E-state index is 9.83. The lowest BCUT2D eigenvalue weighted by molar-refractivity contribution is -0.277. The number of aliphatic hydroxyl groups is 4. The van der Waals surface area contributed by atoms with E-state index < -0.39 is 37.3 Å². The first kappa shape index (κ1) is 14.2. The highest BCUT2D eigenvalue weighted by Crippen LogP contribution is 2.25. The highest BCUT2D eigenvalue weighted by atomic mass is 16.7. The maximum Gasteiger partial charge on any atom is 0.229 e. The molecule has 0 bridgehead atoms. The van der Waals surface area contributed by atoms with Gasteiger partial charge in [-0.3, -0.25) is 0 Å². The van der Waals surface area contributed by atoms with Gasteiger partial charge < -0.3 is 29.9 Å². The van der Waals surface area contributed by atoms with Crippen molar-refractivity contribution in [1.29, 1.82) is 0 Å². The SMILES string of the molecule is Cc1ccccc1O[C@H]1O[C@@H](CO)[C@@H](O)[C@@H](O)[C@H]1O. The standard InChI is InChI=1S/C13H18O6/c1-7-4-2-3-5-8(7)18-13-12(17)11(16)10(15)9(6-14)19-13/h2-5,9-17H,6H2,1H3/t9-,10+,11+,12+,13-/m0/s1. The van der Waals surface area contributed by atoms with Gasteiger partial charge in [-0.25, -0.2) is 0 Å². The van der Waals surface area contributed by atoms with Gasteiger partial charge in [-0.05, 0) is 18.6 Å².